The molecule has 0 heterocycles. The molecule has 0 rings (SSSR count). The normalized spacial score (nSPS) is 11.9. The summed E-state index contributed by atoms with van der Waals surface area (Å²) in [6.45, 7) is 3.09. The molecule has 5 heteroatoms. The van der Waals surface area contributed by atoms with Gasteiger partial charge >= 0.3 is 0 Å². The molecule has 0 aliphatic carbocycles. The van der Waals surface area contributed by atoms with Gasteiger partial charge in [0.05, 0.1) is 19.2 Å². The molecule has 0 aromatic carbocycles. The third-order valence-electron chi connectivity index (χ3n) is 1.58. The summed E-state index contributed by atoms with van der Waals surface area (Å²) in [5.74, 6) is -0.525. The van der Waals surface area contributed by atoms with Crippen LogP contribution >= 0.6 is 0 Å². The Kier molecular flexibility index (Phi) is 5.88. The van der Waals surface area contributed by atoms with Crippen molar-refractivity contribution in [1.29, 1.82) is 0 Å². The quantitative estimate of drug-likeness (QED) is 0.518. The molecule has 0 aliphatic rings. The topological polar surface area (TPSA) is 78.4 Å². The van der Waals surface area contributed by atoms with Gasteiger partial charge in [-0.25, -0.2) is 0 Å². The largest absolute Gasteiger partial charge is 0.394 e. The third kappa shape index (κ3) is 6.10. The van der Waals surface area contributed by atoms with Gasteiger partial charge in [-0.3, -0.25) is 9.59 Å². The molecule has 0 aliphatic heterocycles. The van der Waals surface area contributed by atoms with Gasteiger partial charge in [-0.1, -0.05) is 6.92 Å². The smallest absolute Gasteiger partial charge is 0.239 e. The number of rotatable bonds is 5. The Morgan fingerprint density at radius 1 is 1.46 bits per heavy atom. The Hall–Kier alpha value is -1.10. The van der Waals surface area contributed by atoms with E-state index in [-0.39, 0.29) is 31.0 Å². The van der Waals surface area contributed by atoms with Crippen molar-refractivity contribution in [2.24, 2.45) is 0 Å². The first-order valence-corrected chi connectivity index (χ1v) is 4.24. The molecule has 0 fully saturated rings. The number of hydrogen-bond acceptors (Lipinski definition) is 3. The monoisotopic (exact) mass is 188 g/mol. The SMILES string of the molecule is CC[C@@H](CO)NC(=O)CNC(C)=O. The predicted molar refractivity (Wildman–Crippen MR) is 48.0 cm³/mol. The van der Waals surface area contributed by atoms with E-state index in [0.717, 1.165) is 0 Å². The zero-order chi connectivity index (χ0) is 10.3. The second-order valence-corrected chi connectivity index (χ2v) is 2.76. The highest BCUT2D eigenvalue weighted by atomic mass is 16.3. The van der Waals surface area contributed by atoms with Gasteiger partial charge in [0.2, 0.25) is 11.8 Å². The van der Waals surface area contributed by atoms with Gasteiger partial charge in [0, 0.05) is 6.92 Å². The minimum Gasteiger partial charge on any atom is -0.394 e. The van der Waals surface area contributed by atoms with Gasteiger partial charge in [0.15, 0.2) is 0 Å². The zero-order valence-electron chi connectivity index (χ0n) is 7.96. The maximum Gasteiger partial charge on any atom is 0.239 e. The van der Waals surface area contributed by atoms with E-state index < -0.39 is 0 Å². The van der Waals surface area contributed by atoms with E-state index in [9.17, 15) is 9.59 Å². The maximum absolute atomic E-state index is 11.0. The summed E-state index contributed by atoms with van der Waals surface area (Å²) in [6, 6.07) is -0.221. The average molecular weight is 188 g/mol. The fourth-order valence-corrected chi connectivity index (χ4v) is 0.760. The minimum atomic E-state index is -0.281. The summed E-state index contributed by atoms with van der Waals surface area (Å²) < 4.78 is 0. The van der Waals surface area contributed by atoms with Gasteiger partial charge in [-0.2, -0.15) is 0 Å². The van der Waals surface area contributed by atoms with E-state index in [1.807, 2.05) is 6.92 Å². The van der Waals surface area contributed by atoms with E-state index >= 15 is 0 Å². The molecule has 76 valence electrons. The van der Waals surface area contributed by atoms with E-state index in [1.165, 1.54) is 6.92 Å². The van der Waals surface area contributed by atoms with Gasteiger partial charge < -0.3 is 15.7 Å². The summed E-state index contributed by atoms with van der Waals surface area (Å²) in [7, 11) is 0. The van der Waals surface area contributed by atoms with Crippen LogP contribution in [0, 0.1) is 0 Å². The molecule has 1 atom stereocenters. The molecule has 0 bridgehead atoms. The van der Waals surface area contributed by atoms with Crippen LogP contribution in [0.4, 0.5) is 0 Å². The molecular formula is C8H16N2O3. The van der Waals surface area contributed by atoms with Crippen molar-refractivity contribution in [2.45, 2.75) is 26.3 Å². The van der Waals surface area contributed by atoms with Crippen molar-refractivity contribution in [1.82, 2.24) is 10.6 Å². The molecule has 0 spiro atoms. The van der Waals surface area contributed by atoms with Crippen molar-refractivity contribution < 1.29 is 14.7 Å². The fraction of sp³-hybridized carbons (Fsp3) is 0.750. The Labute approximate surface area is 77.5 Å². The second kappa shape index (κ2) is 6.42. The number of amides is 2. The number of hydrogen-bond donors (Lipinski definition) is 3. The van der Waals surface area contributed by atoms with Gasteiger partial charge in [0.1, 0.15) is 0 Å². The first-order chi connectivity index (χ1) is 6.10. The first-order valence-electron chi connectivity index (χ1n) is 4.24. The molecule has 13 heavy (non-hydrogen) atoms. The molecular weight excluding hydrogens is 172 g/mol. The fourth-order valence-electron chi connectivity index (χ4n) is 0.760. The van der Waals surface area contributed by atoms with E-state index in [1.54, 1.807) is 0 Å². The van der Waals surface area contributed by atoms with E-state index in [4.69, 9.17) is 5.11 Å². The molecule has 0 radical (unpaired) electrons. The molecule has 5 nitrogen and oxygen atoms in total. The van der Waals surface area contributed by atoms with Crippen LogP contribution in [0.1, 0.15) is 20.3 Å². The second-order valence-electron chi connectivity index (χ2n) is 2.76. The van der Waals surface area contributed by atoms with Crippen molar-refractivity contribution >= 4 is 11.8 Å². The Bertz CT molecular complexity index is 178. The van der Waals surface area contributed by atoms with Gasteiger partial charge in [0.25, 0.3) is 0 Å². The third-order valence-corrected chi connectivity index (χ3v) is 1.58. The first kappa shape index (κ1) is 11.9. The van der Waals surface area contributed by atoms with Crippen LogP contribution in [-0.4, -0.2) is 36.1 Å². The lowest BCUT2D eigenvalue weighted by atomic mass is 10.2. The zero-order valence-corrected chi connectivity index (χ0v) is 7.96. The number of carbonyl (C=O) groups excluding carboxylic acids is 2. The Balaban J connectivity index is 3.66. The highest BCUT2D eigenvalue weighted by Gasteiger charge is 2.08. The number of carbonyl (C=O) groups is 2. The van der Waals surface area contributed by atoms with Crippen LogP contribution in [0.25, 0.3) is 0 Å². The van der Waals surface area contributed by atoms with Crippen LogP contribution in [0.2, 0.25) is 0 Å². The molecule has 3 N–H and O–H groups in total. The summed E-state index contributed by atoms with van der Waals surface area (Å²) in [5.41, 5.74) is 0. The summed E-state index contributed by atoms with van der Waals surface area (Å²) in [5, 5.41) is 13.7. The van der Waals surface area contributed by atoms with Crippen molar-refractivity contribution in [3.05, 3.63) is 0 Å². The van der Waals surface area contributed by atoms with Crippen LogP contribution in [-0.2, 0) is 9.59 Å². The highest BCUT2D eigenvalue weighted by Crippen LogP contribution is 1.87. The summed E-state index contributed by atoms with van der Waals surface area (Å²) >= 11 is 0. The van der Waals surface area contributed by atoms with Crippen LogP contribution in [0.15, 0.2) is 0 Å². The van der Waals surface area contributed by atoms with Crippen molar-refractivity contribution in [3.8, 4) is 0 Å². The Morgan fingerprint density at radius 2 is 2.08 bits per heavy atom. The summed E-state index contributed by atoms with van der Waals surface area (Å²) in [4.78, 5) is 21.5. The predicted octanol–water partition coefficient (Wildman–Crippen LogP) is -0.990. The van der Waals surface area contributed by atoms with E-state index in [0.29, 0.717) is 6.42 Å². The average Bonchev–Trinajstić information content (AvgIpc) is 2.10. The number of aliphatic hydroxyl groups is 1. The molecule has 0 aromatic rings. The molecule has 2 amide bonds. The standard InChI is InChI=1S/C8H16N2O3/c1-3-7(5-11)10-8(13)4-9-6(2)12/h7,11H,3-5H2,1-2H3,(H,9,12)(H,10,13)/t7-/m0/s1. The Morgan fingerprint density at radius 3 is 2.46 bits per heavy atom. The molecule has 0 unspecified atom stereocenters. The summed E-state index contributed by atoms with van der Waals surface area (Å²) in [6.07, 6.45) is 0.669. The highest BCUT2D eigenvalue weighted by molar-refractivity contribution is 5.83. The van der Waals surface area contributed by atoms with Crippen LogP contribution in [0.5, 0.6) is 0 Å². The van der Waals surface area contributed by atoms with Crippen molar-refractivity contribution in [2.75, 3.05) is 13.2 Å². The van der Waals surface area contributed by atoms with Crippen molar-refractivity contribution in [3.63, 3.8) is 0 Å². The number of aliphatic hydroxyl groups excluding tert-OH is 1. The number of nitrogens with one attached hydrogen (secondary N) is 2. The molecule has 0 saturated heterocycles. The molecule has 0 saturated carbocycles. The lowest BCUT2D eigenvalue weighted by Crippen LogP contribution is -2.42. The van der Waals surface area contributed by atoms with Crippen LogP contribution in [0.3, 0.4) is 0 Å². The lowest BCUT2D eigenvalue weighted by molar-refractivity contribution is -0.125. The minimum absolute atomic E-state index is 0.0359. The van der Waals surface area contributed by atoms with Gasteiger partial charge in [-0.15, -0.1) is 0 Å². The maximum atomic E-state index is 11.0. The van der Waals surface area contributed by atoms with Crippen LogP contribution < -0.4 is 10.6 Å². The lowest BCUT2D eigenvalue weighted by Gasteiger charge is -2.13. The van der Waals surface area contributed by atoms with E-state index in [2.05, 4.69) is 10.6 Å². The molecule has 0 aromatic heterocycles. The van der Waals surface area contributed by atoms with Gasteiger partial charge in [-0.05, 0) is 6.42 Å².